The zero-order chi connectivity index (χ0) is 13.5. The van der Waals surface area contributed by atoms with E-state index in [1.54, 1.807) is 0 Å². The number of nitrogens with zero attached hydrogens (tertiary/aromatic N) is 1. The predicted octanol–water partition coefficient (Wildman–Crippen LogP) is 0.540. The molecule has 5 heteroatoms. The third-order valence-electron chi connectivity index (χ3n) is 4.64. The van der Waals surface area contributed by atoms with Gasteiger partial charge in [-0.15, -0.1) is 0 Å². The predicted molar refractivity (Wildman–Crippen MR) is 69.4 cm³/mol. The first-order valence-corrected chi connectivity index (χ1v) is 7.28. The van der Waals surface area contributed by atoms with E-state index in [9.17, 15) is 9.59 Å². The molecule has 1 N–H and O–H groups in total. The Labute approximate surface area is 113 Å². The minimum atomic E-state index is -0.674. The van der Waals surface area contributed by atoms with Crippen LogP contribution in [0.1, 0.15) is 32.6 Å². The van der Waals surface area contributed by atoms with Crippen molar-refractivity contribution in [3.05, 3.63) is 0 Å². The van der Waals surface area contributed by atoms with E-state index < -0.39 is 5.54 Å². The van der Waals surface area contributed by atoms with Gasteiger partial charge >= 0.3 is 0 Å². The zero-order valence-corrected chi connectivity index (χ0v) is 11.5. The number of hydrogen-bond acceptors (Lipinski definition) is 3. The molecule has 3 aliphatic rings. The van der Waals surface area contributed by atoms with E-state index in [2.05, 4.69) is 5.32 Å². The van der Waals surface area contributed by atoms with Gasteiger partial charge in [0, 0.05) is 32.0 Å². The normalized spacial score (nSPS) is 36.3. The second-order valence-electron chi connectivity index (χ2n) is 6.26. The van der Waals surface area contributed by atoms with Crippen molar-refractivity contribution in [2.75, 3.05) is 26.3 Å². The molecule has 2 aliphatic heterocycles. The molecule has 2 heterocycles. The molecule has 0 aromatic heterocycles. The largest absolute Gasteiger partial charge is 0.381 e. The van der Waals surface area contributed by atoms with Gasteiger partial charge in [0.25, 0.3) is 0 Å². The second kappa shape index (κ2) is 4.78. The van der Waals surface area contributed by atoms with E-state index in [0.29, 0.717) is 24.8 Å². The van der Waals surface area contributed by atoms with Crippen LogP contribution in [0.15, 0.2) is 0 Å². The van der Waals surface area contributed by atoms with Crippen molar-refractivity contribution in [2.45, 2.75) is 38.1 Å². The summed E-state index contributed by atoms with van der Waals surface area (Å²) in [4.78, 5) is 26.5. The molecule has 0 bridgehead atoms. The van der Waals surface area contributed by atoms with Gasteiger partial charge in [0.2, 0.25) is 11.8 Å². The topological polar surface area (TPSA) is 58.6 Å². The Kier molecular flexibility index (Phi) is 3.25. The van der Waals surface area contributed by atoms with Gasteiger partial charge in [-0.05, 0) is 32.1 Å². The lowest BCUT2D eigenvalue weighted by atomic mass is 9.93. The minimum Gasteiger partial charge on any atom is -0.381 e. The maximum atomic E-state index is 12.8. The van der Waals surface area contributed by atoms with Crippen molar-refractivity contribution in [2.24, 2.45) is 11.8 Å². The average Bonchev–Trinajstić information content (AvgIpc) is 3.13. The van der Waals surface area contributed by atoms with Crippen LogP contribution >= 0.6 is 0 Å². The highest BCUT2D eigenvalue weighted by molar-refractivity contribution is 5.93. The van der Waals surface area contributed by atoms with Crippen LogP contribution in [0.2, 0.25) is 0 Å². The standard InChI is InChI=1S/C14H22N2O3/c1-14(11-2-3-11)13(18)16(6-4-12(17)15-14)8-10-5-7-19-9-10/h10-11H,2-9H2,1H3,(H,15,17). The summed E-state index contributed by atoms with van der Waals surface area (Å²) in [5.41, 5.74) is -0.674. The van der Waals surface area contributed by atoms with E-state index in [1.807, 2.05) is 11.8 Å². The molecule has 0 aromatic carbocycles. The quantitative estimate of drug-likeness (QED) is 0.811. The maximum absolute atomic E-state index is 12.8. The Balaban J connectivity index is 1.75. The van der Waals surface area contributed by atoms with Gasteiger partial charge in [-0.3, -0.25) is 9.59 Å². The van der Waals surface area contributed by atoms with Crippen molar-refractivity contribution in [1.82, 2.24) is 10.2 Å². The molecular weight excluding hydrogens is 244 g/mol. The molecule has 3 rings (SSSR count). The Morgan fingerprint density at radius 3 is 2.79 bits per heavy atom. The van der Waals surface area contributed by atoms with E-state index >= 15 is 0 Å². The van der Waals surface area contributed by atoms with E-state index in [1.165, 1.54) is 0 Å². The zero-order valence-electron chi connectivity index (χ0n) is 11.5. The van der Waals surface area contributed by atoms with Gasteiger partial charge in [0.15, 0.2) is 0 Å². The van der Waals surface area contributed by atoms with Crippen LogP contribution in [0.3, 0.4) is 0 Å². The summed E-state index contributed by atoms with van der Waals surface area (Å²) in [6.45, 7) is 4.71. The highest BCUT2D eigenvalue weighted by Gasteiger charge is 2.51. The number of nitrogens with one attached hydrogen (secondary N) is 1. The summed E-state index contributed by atoms with van der Waals surface area (Å²) in [6, 6.07) is 0. The Hall–Kier alpha value is -1.10. The van der Waals surface area contributed by atoms with E-state index in [0.717, 1.165) is 39.0 Å². The van der Waals surface area contributed by atoms with Gasteiger partial charge in [0.05, 0.1) is 6.61 Å². The molecule has 2 amide bonds. The first-order valence-electron chi connectivity index (χ1n) is 7.28. The fourth-order valence-electron chi connectivity index (χ4n) is 3.22. The van der Waals surface area contributed by atoms with Crippen molar-refractivity contribution in [1.29, 1.82) is 0 Å². The molecule has 5 nitrogen and oxygen atoms in total. The number of hydrogen-bond donors (Lipinski definition) is 1. The monoisotopic (exact) mass is 266 g/mol. The lowest BCUT2D eigenvalue weighted by Crippen LogP contribution is -2.57. The molecule has 3 fully saturated rings. The molecule has 0 spiro atoms. The summed E-state index contributed by atoms with van der Waals surface area (Å²) in [5, 5.41) is 2.96. The minimum absolute atomic E-state index is 0.00734. The lowest BCUT2D eigenvalue weighted by Gasteiger charge is -2.33. The van der Waals surface area contributed by atoms with Crippen LogP contribution in [0.5, 0.6) is 0 Å². The van der Waals surface area contributed by atoms with Gasteiger partial charge in [-0.1, -0.05) is 0 Å². The van der Waals surface area contributed by atoms with E-state index in [-0.39, 0.29) is 11.8 Å². The SMILES string of the molecule is CC1(C2CC2)NC(=O)CCN(CC2CCOC2)C1=O. The first kappa shape index (κ1) is 12.9. The molecule has 19 heavy (non-hydrogen) atoms. The molecule has 2 saturated heterocycles. The molecule has 2 unspecified atom stereocenters. The van der Waals surface area contributed by atoms with Crippen LogP contribution in [0.25, 0.3) is 0 Å². The molecule has 1 saturated carbocycles. The Bertz CT molecular complexity index is 388. The summed E-state index contributed by atoms with van der Waals surface area (Å²) in [6.07, 6.45) is 3.53. The Morgan fingerprint density at radius 1 is 1.37 bits per heavy atom. The van der Waals surface area contributed by atoms with Crippen LogP contribution < -0.4 is 5.32 Å². The number of ether oxygens (including phenoxy) is 1. The van der Waals surface area contributed by atoms with Crippen molar-refractivity contribution >= 4 is 11.8 Å². The summed E-state index contributed by atoms with van der Waals surface area (Å²) < 4.78 is 5.38. The van der Waals surface area contributed by atoms with Crippen molar-refractivity contribution < 1.29 is 14.3 Å². The summed E-state index contributed by atoms with van der Waals surface area (Å²) in [5.74, 6) is 0.866. The second-order valence-corrected chi connectivity index (χ2v) is 6.26. The van der Waals surface area contributed by atoms with Gasteiger partial charge in [-0.25, -0.2) is 0 Å². The molecule has 2 atom stereocenters. The molecule has 0 radical (unpaired) electrons. The average molecular weight is 266 g/mol. The van der Waals surface area contributed by atoms with Gasteiger partial charge in [-0.2, -0.15) is 0 Å². The van der Waals surface area contributed by atoms with Gasteiger partial charge in [0.1, 0.15) is 5.54 Å². The third-order valence-corrected chi connectivity index (χ3v) is 4.64. The van der Waals surface area contributed by atoms with Crippen LogP contribution in [0.4, 0.5) is 0 Å². The first-order chi connectivity index (χ1) is 9.09. The molecule has 106 valence electrons. The highest BCUT2D eigenvalue weighted by Crippen LogP contribution is 2.41. The van der Waals surface area contributed by atoms with Crippen LogP contribution in [-0.2, 0) is 14.3 Å². The number of rotatable bonds is 3. The molecular formula is C14H22N2O3. The molecule has 0 aromatic rings. The maximum Gasteiger partial charge on any atom is 0.248 e. The lowest BCUT2D eigenvalue weighted by molar-refractivity contribution is -0.139. The highest BCUT2D eigenvalue weighted by atomic mass is 16.5. The molecule has 1 aliphatic carbocycles. The van der Waals surface area contributed by atoms with Crippen LogP contribution in [-0.4, -0.2) is 48.6 Å². The Morgan fingerprint density at radius 2 is 2.16 bits per heavy atom. The smallest absolute Gasteiger partial charge is 0.248 e. The van der Waals surface area contributed by atoms with E-state index in [4.69, 9.17) is 4.74 Å². The third kappa shape index (κ3) is 2.48. The van der Waals surface area contributed by atoms with Crippen LogP contribution in [0, 0.1) is 11.8 Å². The number of carbonyl (C=O) groups is 2. The number of carbonyl (C=O) groups excluding carboxylic acids is 2. The van der Waals surface area contributed by atoms with Crippen molar-refractivity contribution in [3.8, 4) is 0 Å². The van der Waals surface area contributed by atoms with Gasteiger partial charge < -0.3 is 15.0 Å². The fraction of sp³-hybridized carbons (Fsp3) is 0.857. The fourth-order valence-corrected chi connectivity index (χ4v) is 3.22. The summed E-state index contributed by atoms with van der Waals surface area (Å²) in [7, 11) is 0. The van der Waals surface area contributed by atoms with Crippen molar-refractivity contribution in [3.63, 3.8) is 0 Å². The summed E-state index contributed by atoms with van der Waals surface area (Å²) >= 11 is 0. The number of amides is 2.